The summed E-state index contributed by atoms with van der Waals surface area (Å²) in [6.07, 6.45) is 1.83. The zero-order valence-corrected chi connectivity index (χ0v) is 22.6. The van der Waals surface area contributed by atoms with E-state index in [9.17, 15) is 4.39 Å². The van der Waals surface area contributed by atoms with Crippen LogP contribution in [0.3, 0.4) is 0 Å². The maximum absolute atomic E-state index is 14.4. The van der Waals surface area contributed by atoms with Crippen LogP contribution in [0.25, 0.3) is 33.2 Å². The van der Waals surface area contributed by atoms with Crippen LogP contribution in [0.4, 0.5) is 4.39 Å². The normalized spacial score (nSPS) is 12.7. The molecule has 0 fully saturated rings. The van der Waals surface area contributed by atoms with Crippen molar-refractivity contribution in [3.8, 4) is 22.4 Å². The number of pyridine rings is 1. The van der Waals surface area contributed by atoms with E-state index < -0.39 is 0 Å². The van der Waals surface area contributed by atoms with Crippen LogP contribution >= 0.6 is 0 Å². The van der Waals surface area contributed by atoms with E-state index in [1.165, 1.54) is 28.0 Å². The van der Waals surface area contributed by atoms with Crippen LogP contribution in [0, 0.1) is 37.9 Å². The maximum atomic E-state index is 14.4. The van der Waals surface area contributed by atoms with E-state index in [-0.39, 0.29) is 31.3 Å². The summed E-state index contributed by atoms with van der Waals surface area (Å²) in [5.74, 6) is -0.163. The van der Waals surface area contributed by atoms with Crippen molar-refractivity contribution in [2.45, 2.75) is 33.1 Å². The molecule has 0 saturated carbocycles. The molecule has 1 aromatic heterocycles. The van der Waals surface area contributed by atoms with Gasteiger partial charge in [-0.3, -0.25) is 0 Å². The summed E-state index contributed by atoms with van der Waals surface area (Å²) in [5.41, 5.74) is 7.86. The minimum Gasteiger partial charge on any atom is -0.305 e. The largest absolute Gasteiger partial charge is 3.00 e. The van der Waals surface area contributed by atoms with Crippen LogP contribution in [0.15, 0.2) is 79.0 Å². The van der Waals surface area contributed by atoms with Crippen molar-refractivity contribution in [1.82, 2.24) is 4.98 Å². The van der Waals surface area contributed by atoms with Gasteiger partial charge in [0.2, 0.25) is 0 Å². The van der Waals surface area contributed by atoms with Gasteiger partial charge in [-0.1, -0.05) is 56.2 Å². The Balaban J connectivity index is 0.000000171. The summed E-state index contributed by atoms with van der Waals surface area (Å²) in [6, 6.07) is 33.2. The first-order valence-corrected chi connectivity index (χ1v) is 11.4. The quantitative estimate of drug-likeness (QED) is 0.170. The molecule has 5 aromatic rings. The van der Waals surface area contributed by atoms with Crippen LogP contribution in [-0.2, 0) is 25.5 Å². The second kappa shape index (κ2) is 9.85. The average Bonchev–Trinajstić information content (AvgIpc) is 2.83. The predicted molar refractivity (Wildman–Crippen MR) is 137 cm³/mol. The molecule has 0 unspecified atom stereocenters. The first-order chi connectivity index (χ1) is 16.4. The van der Waals surface area contributed by atoms with Gasteiger partial charge < -0.3 is 4.98 Å². The Kier molecular flexibility index (Phi) is 7.03. The van der Waals surface area contributed by atoms with Gasteiger partial charge >= 0.3 is 20.1 Å². The van der Waals surface area contributed by atoms with Crippen molar-refractivity contribution >= 4 is 10.8 Å². The van der Waals surface area contributed by atoms with Gasteiger partial charge in [0.15, 0.2) is 0 Å². The molecule has 4 aromatic carbocycles. The van der Waals surface area contributed by atoms with Gasteiger partial charge in [-0.15, -0.1) is 63.9 Å². The Labute approximate surface area is 220 Å². The van der Waals surface area contributed by atoms with Gasteiger partial charge in [0.05, 0.1) is 0 Å². The smallest absolute Gasteiger partial charge is 0.305 e. The molecule has 6 rings (SSSR count). The minimum atomic E-state index is -0.362. The SMILES string of the molecule is CC1(C)c2c([c-]ccc2F)-c2[c-]ccc3cccc1c23.Cc1cc[c-]c(-c2cc(C)ccn2)c1.[Ir+3]. The molecule has 0 saturated heterocycles. The zero-order chi connectivity index (χ0) is 23.9. The number of nitrogens with zero attached hydrogens (tertiary/aromatic N) is 1. The molecule has 3 heteroatoms. The molecule has 0 amide bonds. The summed E-state index contributed by atoms with van der Waals surface area (Å²) in [7, 11) is 0. The predicted octanol–water partition coefficient (Wildman–Crippen LogP) is 8.05. The molecule has 0 atom stereocenters. The Morgan fingerprint density at radius 1 is 0.800 bits per heavy atom. The molecule has 1 aliphatic rings. The van der Waals surface area contributed by atoms with E-state index in [0.29, 0.717) is 0 Å². The van der Waals surface area contributed by atoms with E-state index in [1.54, 1.807) is 6.07 Å². The van der Waals surface area contributed by atoms with Crippen LogP contribution in [0.1, 0.15) is 36.1 Å². The average molecular weight is 635 g/mol. The minimum absolute atomic E-state index is 0. The molecule has 1 heterocycles. The molecular formula is C32H25FIrN. The van der Waals surface area contributed by atoms with Crippen LogP contribution in [0.5, 0.6) is 0 Å². The Hall–Kier alpha value is -3.13. The number of halogens is 1. The molecular weight excluding hydrogens is 610 g/mol. The van der Waals surface area contributed by atoms with Crippen LogP contribution < -0.4 is 0 Å². The maximum Gasteiger partial charge on any atom is 3.00 e. The molecule has 174 valence electrons. The third-order valence-corrected chi connectivity index (χ3v) is 6.48. The van der Waals surface area contributed by atoms with Gasteiger partial charge in [0, 0.05) is 12.0 Å². The van der Waals surface area contributed by atoms with E-state index in [4.69, 9.17) is 0 Å². The summed E-state index contributed by atoms with van der Waals surface area (Å²) in [5, 5.41) is 2.35. The molecule has 1 aliphatic carbocycles. The number of hydrogen-bond donors (Lipinski definition) is 0. The number of benzene rings is 4. The van der Waals surface area contributed by atoms with Gasteiger partial charge in [0.1, 0.15) is 0 Å². The first kappa shape index (κ1) is 25.0. The van der Waals surface area contributed by atoms with Crippen molar-refractivity contribution in [3.05, 3.63) is 125 Å². The number of aryl methyl sites for hydroxylation is 2. The van der Waals surface area contributed by atoms with E-state index in [0.717, 1.165) is 33.5 Å². The third-order valence-electron chi connectivity index (χ3n) is 6.48. The summed E-state index contributed by atoms with van der Waals surface area (Å²) >= 11 is 0. The van der Waals surface area contributed by atoms with Crippen molar-refractivity contribution in [3.63, 3.8) is 0 Å². The Morgan fingerprint density at radius 2 is 1.51 bits per heavy atom. The van der Waals surface area contributed by atoms with Crippen LogP contribution in [0.2, 0.25) is 0 Å². The number of hydrogen-bond acceptors (Lipinski definition) is 1. The van der Waals surface area contributed by atoms with Crippen LogP contribution in [-0.4, -0.2) is 4.98 Å². The topological polar surface area (TPSA) is 12.9 Å². The molecule has 35 heavy (non-hydrogen) atoms. The second-order valence-electron chi connectivity index (χ2n) is 9.32. The van der Waals surface area contributed by atoms with Crippen molar-refractivity contribution in [2.75, 3.05) is 0 Å². The molecule has 0 radical (unpaired) electrons. The fourth-order valence-electron chi connectivity index (χ4n) is 4.82. The fraction of sp³-hybridized carbons (Fsp3) is 0.156. The van der Waals surface area contributed by atoms with Crippen molar-refractivity contribution in [2.24, 2.45) is 0 Å². The fourth-order valence-corrected chi connectivity index (χ4v) is 4.82. The molecule has 0 N–H and O–H groups in total. The monoisotopic (exact) mass is 635 g/mol. The standard InChI is InChI=1S/C19H13F.C13H12N.Ir/c1-19(2)15-10-4-7-12-6-3-8-13(17(12)15)14-9-5-11-16(20)18(14)19;1-10-4-3-5-12(8-10)13-9-11(2)6-7-14-13;/h3-7,10-11H,1-2H3;3-4,6-9H,1-2H3;/q-2;-1;+3. The molecule has 0 bridgehead atoms. The molecule has 0 spiro atoms. The molecule has 0 aliphatic heterocycles. The van der Waals surface area contributed by atoms with E-state index >= 15 is 0 Å². The van der Waals surface area contributed by atoms with Gasteiger partial charge in [0.25, 0.3) is 0 Å². The first-order valence-electron chi connectivity index (χ1n) is 11.4. The second-order valence-corrected chi connectivity index (χ2v) is 9.32. The third kappa shape index (κ3) is 4.59. The Bertz CT molecular complexity index is 1470. The van der Waals surface area contributed by atoms with Gasteiger partial charge in [-0.05, 0) is 24.1 Å². The van der Waals surface area contributed by atoms with Crippen molar-refractivity contribution < 1.29 is 24.5 Å². The summed E-state index contributed by atoms with van der Waals surface area (Å²) in [6.45, 7) is 8.30. The van der Waals surface area contributed by atoms with Gasteiger partial charge in [-0.2, -0.15) is 24.3 Å². The number of aromatic nitrogens is 1. The van der Waals surface area contributed by atoms with E-state index in [2.05, 4.69) is 81.2 Å². The Morgan fingerprint density at radius 3 is 2.29 bits per heavy atom. The van der Waals surface area contributed by atoms with Gasteiger partial charge in [-0.25, -0.2) is 15.5 Å². The molecule has 1 nitrogen and oxygen atoms in total. The number of rotatable bonds is 1. The van der Waals surface area contributed by atoms with E-state index in [1.807, 2.05) is 36.5 Å². The zero-order valence-electron chi connectivity index (χ0n) is 20.2. The van der Waals surface area contributed by atoms with Crippen molar-refractivity contribution in [1.29, 1.82) is 0 Å². The number of fused-ring (bicyclic) bond motifs is 2. The summed E-state index contributed by atoms with van der Waals surface area (Å²) in [4.78, 5) is 4.32. The summed E-state index contributed by atoms with van der Waals surface area (Å²) < 4.78 is 14.4.